The van der Waals surface area contributed by atoms with E-state index in [1.807, 2.05) is 18.2 Å². The van der Waals surface area contributed by atoms with Gasteiger partial charge in [-0.25, -0.2) is 0 Å². The van der Waals surface area contributed by atoms with Crippen LogP contribution in [0.4, 0.5) is 13.2 Å². The fourth-order valence-corrected chi connectivity index (χ4v) is 5.76. The van der Waals surface area contributed by atoms with Gasteiger partial charge in [0.25, 0.3) is 0 Å². The molecule has 0 saturated carbocycles. The van der Waals surface area contributed by atoms with Crippen LogP contribution in [-0.2, 0) is 38.4 Å². The quantitative estimate of drug-likeness (QED) is 0.386. The lowest BCUT2D eigenvalue weighted by Gasteiger charge is -2.34. The third-order valence-corrected chi connectivity index (χ3v) is 7.79. The summed E-state index contributed by atoms with van der Waals surface area (Å²) in [7, 11) is 1.56. The molecule has 1 aliphatic heterocycles. The van der Waals surface area contributed by atoms with Crippen LogP contribution in [0.5, 0.6) is 5.75 Å². The number of halogens is 3. The highest BCUT2D eigenvalue weighted by molar-refractivity contribution is 5.98. The number of rotatable bonds is 9. The minimum absolute atomic E-state index is 0.120. The molecule has 0 unspecified atom stereocenters. The van der Waals surface area contributed by atoms with E-state index >= 15 is 0 Å². The number of esters is 1. The highest BCUT2D eigenvalue weighted by atomic mass is 19.4. The summed E-state index contributed by atoms with van der Waals surface area (Å²) in [5.41, 5.74) is -0.469. The van der Waals surface area contributed by atoms with E-state index in [9.17, 15) is 27.6 Å². The number of carbonyl (C=O) groups is 3. The molecule has 4 rings (SSSR count). The normalized spacial score (nSPS) is 22.2. The van der Waals surface area contributed by atoms with E-state index in [1.165, 1.54) is 12.1 Å². The van der Waals surface area contributed by atoms with Crippen molar-refractivity contribution in [2.24, 2.45) is 11.3 Å². The van der Waals surface area contributed by atoms with Gasteiger partial charge in [-0.2, -0.15) is 13.2 Å². The van der Waals surface area contributed by atoms with Gasteiger partial charge in [-0.3, -0.25) is 14.4 Å². The summed E-state index contributed by atoms with van der Waals surface area (Å²) >= 11 is 0. The van der Waals surface area contributed by atoms with Crippen LogP contribution in [0.25, 0.3) is 0 Å². The summed E-state index contributed by atoms with van der Waals surface area (Å²) in [5, 5.41) is 2.65. The summed E-state index contributed by atoms with van der Waals surface area (Å²) in [4.78, 5) is 42.5. The molecule has 1 aliphatic carbocycles. The standard InChI is InChI=1S/C31H35F3N2O5/c1-3-41-29(39)30-16-7-5-4-6-11-26(30)36(20-21-12-14-24(40-2)15-13-21)28(38)25(30)18-27(37)35-19-22-9-8-10-23(17-22)31(32,33)34/h8-15,17,25H,3-7,16,18-20H2,1-2H3,(H,35,37)/b26-11+/t25-,30+/m1/s1. The number of ether oxygens (including phenoxy) is 2. The minimum Gasteiger partial charge on any atom is -0.497 e. The van der Waals surface area contributed by atoms with Gasteiger partial charge in [0.15, 0.2) is 0 Å². The fraction of sp³-hybridized carbons (Fsp3) is 0.452. The molecule has 7 nitrogen and oxygen atoms in total. The summed E-state index contributed by atoms with van der Waals surface area (Å²) in [6.07, 6.45) is 0.622. The molecule has 2 aromatic carbocycles. The van der Waals surface area contributed by atoms with Gasteiger partial charge >= 0.3 is 12.1 Å². The number of hydrogen-bond donors (Lipinski definition) is 1. The van der Waals surface area contributed by atoms with Gasteiger partial charge in [0.1, 0.15) is 11.2 Å². The average molecular weight is 573 g/mol. The monoisotopic (exact) mass is 572 g/mol. The number of fused-ring (bicyclic) bond motifs is 1. The van der Waals surface area contributed by atoms with E-state index < -0.39 is 34.9 Å². The molecule has 0 bridgehead atoms. The Kier molecular flexibility index (Phi) is 9.40. The molecule has 1 saturated heterocycles. The van der Waals surface area contributed by atoms with Crippen molar-refractivity contribution >= 4 is 17.8 Å². The van der Waals surface area contributed by atoms with Crippen molar-refractivity contribution < 1.29 is 37.0 Å². The molecule has 10 heteroatoms. The minimum atomic E-state index is -4.50. The number of hydrogen-bond acceptors (Lipinski definition) is 5. The Morgan fingerprint density at radius 3 is 2.51 bits per heavy atom. The molecule has 0 spiro atoms. The summed E-state index contributed by atoms with van der Waals surface area (Å²) in [5.74, 6) is -1.75. The molecule has 2 aromatic rings. The smallest absolute Gasteiger partial charge is 0.416 e. The first-order valence-corrected chi connectivity index (χ1v) is 13.8. The second-order valence-corrected chi connectivity index (χ2v) is 10.4. The Morgan fingerprint density at radius 2 is 1.83 bits per heavy atom. The van der Waals surface area contributed by atoms with Gasteiger partial charge in [0.2, 0.25) is 11.8 Å². The van der Waals surface area contributed by atoms with Gasteiger partial charge in [-0.1, -0.05) is 43.2 Å². The van der Waals surface area contributed by atoms with E-state index in [0.29, 0.717) is 30.7 Å². The van der Waals surface area contributed by atoms with E-state index in [4.69, 9.17) is 9.47 Å². The number of methoxy groups -OCH3 is 1. The SMILES string of the molecule is CCOC(=O)[C@]12CCCCC/C=C\1N(Cc1ccc(OC)cc1)C(=O)[C@H]2CC(=O)NCc1cccc(C(F)(F)F)c1. The second kappa shape index (κ2) is 12.8. The molecule has 1 N–H and O–H groups in total. The number of likely N-dealkylation sites (tertiary alicyclic amines) is 1. The first-order chi connectivity index (χ1) is 19.6. The summed E-state index contributed by atoms with van der Waals surface area (Å²) in [6, 6.07) is 12.0. The predicted molar refractivity (Wildman–Crippen MR) is 145 cm³/mol. The predicted octanol–water partition coefficient (Wildman–Crippen LogP) is 5.78. The van der Waals surface area contributed by atoms with Crippen LogP contribution in [0.3, 0.4) is 0 Å². The molecule has 1 fully saturated rings. The molecule has 2 aliphatic rings. The Labute approximate surface area is 237 Å². The Hall–Kier alpha value is -3.82. The molecule has 0 radical (unpaired) electrons. The lowest BCUT2D eigenvalue weighted by molar-refractivity contribution is -0.158. The lowest BCUT2D eigenvalue weighted by Crippen LogP contribution is -2.42. The van der Waals surface area contributed by atoms with Crippen LogP contribution >= 0.6 is 0 Å². The molecule has 2 atom stereocenters. The zero-order valence-electron chi connectivity index (χ0n) is 23.3. The zero-order valence-corrected chi connectivity index (χ0v) is 23.3. The van der Waals surface area contributed by atoms with Crippen molar-refractivity contribution in [2.45, 2.75) is 64.7 Å². The third kappa shape index (κ3) is 6.57. The number of benzene rings is 2. The van der Waals surface area contributed by atoms with Gasteiger partial charge in [-0.15, -0.1) is 0 Å². The van der Waals surface area contributed by atoms with Gasteiger partial charge < -0.3 is 19.7 Å². The van der Waals surface area contributed by atoms with Gasteiger partial charge in [-0.05, 0) is 61.6 Å². The number of alkyl halides is 3. The highest BCUT2D eigenvalue weighted by Crippen LogP contribution is 2.53. The molecule has 0 aromatic heterocycles. The number of carbonyl (C=O) groups excluding carboxylic acids is 3. The van der Waals surface area contributed by atoms with Crippen molar-refractivity contribution in [2.75, 3.05) is 13.7 Å². The number of amides is 2. The molecule has 1 heterocycles. The lowest BCUT2D eigenvalue weighted by atomic mass is 9.69. The maximum atomic E-state index is 14.1. The van der Waals surface area contributed by atoms with E-state index in [0.717, 1.165) is 30.5 Å². The highest BCUT2D eigenvalue weighted by Gasteiger charge is 2.61. The third-order valence-electron chi connectivity index (χ3n) is 7.79. The van der Waals surface area contributed by atoms with Crippen molar-refractivity contribution in [3.63, 3.8) is 0 Å². The maximum Gasteiger partial charge on any atom is 0.416 e. The average Bonchev–Trinajstić information content (AvgIpc) is 3.14. The van der Waals surface area contributed by atoms with Crippen LogP contribution in [0, 0.1) is 11.3 Å². The second-order valence-electron chi connectivity index (χ2n) is 10.4. The Morgan fingerprint density at radius 1 is 1.07 bits per heavy atom. The molecule has 41 heavy (non-hydrogen) atoms. The van der Waals surface area contributed by atoms with Crippen molar-refractivity contribution in [3.8, 4) is 5.75 Å². The number of nitrogens with one attached hydrogen (secondary N) is 1. The topological polar surface area (TPSA) is 84.9 Å². The first-order valence-electron chi connectivity index (χ1n) is 13.8. The molecule has 2 amide bonds. The molecule has 220 valence electrons. The van der Waals surface area contributed by atoms with Crippen LogP contribution in [-0.4, -0.2) is 36.4 Å². The first kappa shape index (κ1) is 30.1. The van der Waals surface area contributed by atoms with Crippen LogP contribution in [0.1, 0.15) is 62.1 Å². The molecular formula is C31H35F3N2O5. The fourth-order valence-electron chi connectivity index (χ4n) is 5.76. The van der Waals surface area contributed by atoms with Gasteiger partial charge in [0.05, 0.1) is 31.7 Å². The van der Waals surface area contributed by atoms with Crippen molar-refractivity contribution in [3.05, 3.63) is 77.0 Å². The van der Waals surface area contributed by atoms with Crippen LogP contribution in [0.15, 0.2) is 60.3 Å². The van der Waals surface area contributed by atoms with E-state index in [2.05, 4.69) is 5.32 Å². The van der Waals surface area contributed by atoms with Gasteiger partial charge in [0, 0.05) is 18.7 Å². The largest absolute Gasteiger partial charge is 0.497 e. The Balaban J connectivity index is 1.63. The van der Waals surface area contributed by atoms with E-state index in [-0.39, 0.29) is 37.6 Å². The van der Waals surface area contributed by atoms with Crippen molar-refractivity contribution in [1.82, 2.24) is 10.2 Å². The zero-order chi connectivity index (χ0) is 29.6. The van der Waals surface area contributed by atoms with Crippen LogP contribution in [0.2, 0.25) is 0 Å². The van der Waals surface area contributed by atoms with Crippen LogP contribution < -0.4 is 10.1 Å². The number of allylic oxidation sites excluding steroid dienone is 1. The van der Waals surface area contributed by atoms with Crippen molar-refractivity contribution in [1.29, 1.82) is 0 Å². The molecular weight excluding hydrogens is 537 g/mol. The summed E-state index contributed by atoms with van der Waals surface area (Å²) < 4.78 is 50.1. The summed E-state index contributed by atoms with van der Waals surface area (Å²) in [6.45, 7) is 1.88. The maximum absolute atomic E-state index is 14.1. The number of nitrogens with zero attached hydrogens (tertiary/aromatic N) is 1. The Bertz CT molecular complexity index is 1290. The van der Waals surface area contributed by atoms with E-state index in [1.54, 1.807) is 31.1 Å².